The summed E-state index contributed by atoms with van der Waals surface area (Å²) in [5.41, 5.74) is 2.04. The van der Waals surface area contributed by atoms with Crippen LogP contribution in [0.4, 0.5) is 0 Å². The van der Waals surface area contributed by atoms with E-state index in [1.54, 1.807) is 0 Å². The molecule has 0 spiro atoms. The van der Waals surface area contributed by atoms with Crippen molar-refractivity contribution in [2.45, 2.75) is 19.6 Å². The molecule has 0 radical (unpaired) electrons. The summed E-state index contributed by atoms with van der Waals surface area (Å²) in [7, 11) is 0. The highest BCUT2D eigenvalue weighted by Gasteiger charge is 2.13. The molecule has 1 aromatic rings. The summed E-state index contributed by atoms with van der Waals surface area (Å²) in [5, 5.41) is 12.6. The molecule has 0 amide bonds. The maximum atomic E-state index is 9.43. The summed E-state index contributed by atoms with van der Waals surface area (Å²) in [6.45, 7) is 4.43. The second-order valence-electron chi connectivity index (χ2n) is 3.48. The molecule has 0 aromatic carbocycles. The summed E-state index contributed by atoms with van der Waals surface area (Å²) in [6.07, 6.45) is 5.31. The van der Waals surface area contributed by atoms with E-state index in [-0.39, 0.29) is 6.10 Å². The average Bonchev–Trinajstić information content (AvgIpc) is 2.66. The zero-order valence-corrected chi connectivity index (χ0v) is 8.27. The van der Waals surface area contributed by atoms with Crippen LogP contribution in [0.25, 0.3) is 5.57 Å². The van der Waals surface area contributed by atoms with E-state index in [0.29, 0.717) is 6.54 Å². The lowest BCUT2D eigenvalue weighted by Gasteiger charge is -2.16. The Bertz CT molecular complexity index is 343. The van der Waals surface area contributed by atoms with Crippen molar-refractivity contribution in [2.75, 3.05) is 13.1 Å². The maximum Gasteiger partial charge on any atom is 0.0953 e. The van der Waals surface area contributed by atoms with Crippen LogP contribution in [0.3, 0.4) is 0 Å². The van der Waals surface area contributed by atoms with Crippen molar-refractivity contribution in [3.8, 4) is 0 Å². The number of aryl methyl sites for hydroxylation is 1. The number of aromatic nitrogens is 2. The smallest absolute Gasteiger partial charge is 0.0953 e. The molecule has 14 heavy (non-hydrogen) atoms. The SMILES string of the molecule is CCn1cnc(C2=CC(O)CNC2)c1. The van der Waals surface area contributed by atoms with Crippen LogP contribution in [-0.2, 0) is 6.54 Å². The van der Waals surface area contributed by atoms with Gasteiger partial charge in [-0.15, -0.1) is 0 Å². The summed E-state index contributed by atoms with van der Waals surface area (Å²) in [6, 6.07) is 0. The molecule has 0 aliphatic carbocycles. The molecule has 0 saturated heterocycles. The number of aliphatic hydroxyl groups excluding tert-OH is 1. The minimum absolute atomic E-state index is 0.384. The third-order valence-corrected chi connectivity index (χ3v) is 2.39. The van der Waals surface area contributed by atoms with Crippen LogP contribution in [0.2, 0.25) is 0 Å². The Labute approximate surface area is 83.3 Å². The van der Waals surface area contributed by atoms with Crippen LogP contribution < -0.4 is 5.32 Å². The van der Waals surface area contributed by atoms with Gasteiger partial charge in [-0.05, 0) is 18.6 Å². The van der Waals surface area contributed by atoms with Crippen LogP contribution in [0, 0.1) is 0 Å². The molecule has 4 heteroatoms. The molecule has 1 unspecified atom stereocenters. The topological polar surface area (TPSA) is 50.1 Å². The second-order valence-corrected chi connectivity index (χ2v) is 3.48. The van der Waals surface area contributed by atoms with Gasteiger partial charge in [0.05, 0.1) is 18.1 Å². The third-order valence-electron chi connectivity index (χ3n) is 2.39. The van der Waals surface area contributed by atoms with Gasteiger partial charge in [0.15, 0.2) is 0 Å². The Morgan fingerprint density at radius 3 is 3.21 bits per heavy atom. The van der Waals surface area contributed by atoms with E-state index in [1.807, 2.05) is 23.2 Å². The minimum atomic E-state index is -0.384. The van der Waals surface area contributed by atoms with Gasteiger partial charge in [-0.3, -0.25) is 0 Å². The van der Waals surface area contributed by atoms with Gasteiger partial charge >= 0.3 is 0 Å². The fourth-order valence-electron chi connectivity index (χ4n) is 1.58. The molecule has 1 aliphatic heterocycles. The summed E-state index contributed by atoms with van der Waals surface area (Å²) < 4.78 is 2.02. The number of hydrogen-bond acceptors (Lipinski definition) is 3. The van der Waals surface area contributed by atoms with Crippen molar-refractivity contribution in [1.82, 2.24) is 14.9 Å². The van der Waals surface area contributed by atoms with Gasteiger partial charge in [0.1, 0.15) is 0 Å². The van der Waals surface area contributed by atoms with Crippen molar-refractivity contribution in [2.24, 2.45) is 0 Å². The van der Waals surface area contributed by atoms with Crippen LogP contribution in [-0.4, -0.2) is 33.9 Å². The molecule has 2 rings (SSSR count). The molecule has 1 aliphatic rings. The number of hydrogen-bond donors (Lipinski definition) is 2. The van der Waals surface area contributed by atoms with E-state index in [0.717, 1.165) is 24.4 Å². The molecule has 0 fully saturated rings. The lowest BCUT2D eigenvalue weighted by atomic mass is 10.1. The monoisotopic (exact) mass is 193 g/mol. The predicted molar refractivity (Wildman–Crippen MR) is 54.8 cm³/mol. The van der Waals surface area contributed by atoms with Gasteiger partial charge in [-0.1, -0.05) is 0 Å². The van der Waals surface area contributed by atoms with Gasteiger partial charge in [-0.2, -0.15) is 0 Å². The van der Waals surface area contributed by atoms with E-state index < -0.39 is 0 Å². The van der Waals surface area contributed by atoms with Gasteiger partial charge in [0, 0.05) is 25.8 Å². The maximum absolute atomic E-state index is 9.43. The minimum Gasteiger partial charge on any atom is -0.388 e. The largest absolute Gasteiger partial charge is 0.388 e. The lowest BCUT2D eigenvalue weighted by molar-refractivity contribution is 0.217. The van der Waals surface area contributed by atoms with E-state index in [2.05, 4.69) is 17.2 Å². The number of aliphatic hydroxyl groups is 1. The number of rotatable bonds is 2. The highest BCUT2D eigenvalue weighted by Crippen LogP contribution is 2.14. The van der Waals surface area contributed by atoms with E-state index in [9.17, 15) is 5.11 Å². The first-order valence-electron chi connectivity index (χ1n) is 4.91. The highest BCUT2D eigenvalue weighted by atomic mass is 16.3. The summed E-state index contributed by atoms with van der Waals surface area (Å²) in [5.74, 6) is 0. The first-order valence-corrected chi connectivity index (χ1v) is 4.91. The number of nitrogens with zero attached hydrogens (tertiary/aromatic N) is 2. The van der Waals surface area contributed by atoms with Gasteiger partial charge < -0.3 is 15.0 Å². The standard InChI is InChI=1S/C10H15N3O/c1-2-13-6-10(12-7-13)8-3-9(14)5-11-4-8/h3,6-7,9,11,14H,2,4-5H2,1H3. The van der Waals surface area contributed by atoms with E-state index >= 15 is 0 Å². The Balaban J connectivity index is 2.21. The molecular weight excluding hydrogens is 178 g/mol. The first-order chi connectivity index (χ1) is 6.79. The zero-order chi connectivity index (χ0) is 9.97. The Hall–Kier alpha value is -1.13. The Morgan fingerprint density at radius 2 is 2.57 bits per heavy atom. The van der Waals surface area contributed by atoms with Crippen molar-refractivity contribution in [3.05, 3.63) is 24.3 Å². The molecule has 76 valence electrons. The Kier molecular flexibility index (Phi) is 2.65. The van der Waals surface area contributed by atoms with Crippen molar-refractivity contribution in [3.63, 3.8) is 0 Å². The summed E-state index contributed by atoms with van der Waals surface area (Å²) >= 11 is 0. The number of nitrogens with one attached hydrogen (secondary N) is 1. The average molecular weight is 193 g/mol. The van der Waals surface area contributed by atoms with Gasteiger partial charge in [0.2, 0.25) is 0 Å². The molecule has 0 saturated carbocycles. The zero-order valence-electron chi connectivity index (χ0n) is 8.27. The van der Waals surface area contributed by atoms with Gasteiger partial charge in [0.25, 0.3) is 0 Å². The molecule has 4 nitrogen and oxygen atoms in total. The van der Waals surface area contributed by atoms with E-state index in [4.69, 9.17) is 0 Å². The summed E-state index contributed by atoms with van der Waals surface area (Å²) in [4.78, 5) is 4.29. The third kappa shape index (κ3) is 1.86. The number of imidazole rings is 1. The fraction of sp³-hybridized carbons (Fsp3) is 0.500. The van der Waals surface area contributed by atoms with Crippen molar-refractivity contribution < 1.29 is 5.11 Å². The lowest BCUT2D eigenvalue weighted by Crippen LogP contribution is -2.31. The van der Waals surface area contributed by atoms with Crippen molar-refractivity contribution in [1.29, 1.82) is 0 Å². The van der Waals surface area contributed by atoms with Crippen LogP contribution >= 0.6 is 0 Å². The van der Waals surface area contributed by atoms with Crippen LogP contribution in [0.1, 0.15) is 12.6 Å². The predicted octanol–water partition coefficient (Wildman–Crippen LogP) is 0.250. The molecule has 1 aromatic heterocycles. The molecular formula is C10H15N3O. The van der Waals surface area contributed by atoms with Gasteiger partial charge in [-0.25, -0.2) is 4.98 Å². The fourth-order valence-corrected chi connectivity index (χ4v) is 1.58. The van der Waals surface area contributed by atoms with E-state index in [1.165, 1.54) is 0 Å². The highest BCUT2D eigenvalue weighted by molar-refractivity contribution is 5.64. The number of β-amino-alcohol motifs (C(OH)–C–C–N with tert-alkyl or cyclic N) is 1. The normalized spacial score (nSPS) is 22.1. The molecule has 1 atom stereocenters. The van der Waals surface area contributed by atoms with Crippen LogP contribution in [0.5, 0.6) is 0 Å². The first kappa shape index (κ1) is 9.43. The molecule has 0 bridgehead atoms. The molecule has 2 N–H and O–H groups in total. The van der Waals surface area contributed by atoms with Crippen LogP contribution in [0.15, 0.2) is 18.6 Å². The quantitative estimate of drug-likeness (QED) is 0.708. The molecule has 2 heterocycles. The second kappa shape index (κ2) is 3.94. The Morgan fingerprint density at radius 1 is 1.71 bits per heavy atom. The van der Waals surface area contributed by atoms with Crippen molar-refractivity contribution >= 4 is 5.57 Å².